The Morgan fingerprint density at radius 2 is 1.83 bits per heavy atom. The number of hydrogen-bond acceptors (Lipinski definition) is 4. The molecule has 0 aliphatic heterocycles. The summed E-state index contributed by atoms with van der Waals surface area (Å²) in [6.45, 7) is 3.76. The minimum atomic E-state index is -1.00. The maximum Gasteiger partial charge on any atom is 0.307 e. The van der Waals surface area contributed by atoms with Gasteiger partial charge in [0.25, 0.3) is 5.69 Å². The summed E-state index contributed by atoms with van der Waals surface area (Å²) < 4.78 is 0. The standard InChI is InChI=1S/C16H18N2O5/c1-9-6-13(14(16(20)21)7-10(9)2)15(19)17-11-4-3-5-12(8-11)18(22)23/h3-5,8,13-14H,6-7H2,1-2H3,(H,17,19)(H,20,21)/t13-,14-/m1/s1. The van der Waals surface area contributed by atoms with Gasteiger partial charge in [-0.05, 0) is 32.8 Å². The predicted octanol–water partition coefficient (Wildman–Crippen LogP) is 2.98. The number of nitro groups is 1. The maximum atomic E-state index is 12.4. The van der Waals surface area contributed by atoms with Gasteiger partial charge in [-0.1, -0.05) is 17.2 Å². The van der Waals surface area contributed by atoms with Crippen molar-refractivity contribution >= 4 is 23.3 Å². The lowest BCUT2D eigenvalue weighted by molar-refractivity contribution is -0.384. The van der Waals surface area contributed by atoms with Crippen molar-refractivity contribution in [3.05, 3.63) is 45.5 Å². The molecule has 0 heterocycles. The van der Waals surface area contributed by atoms with E-state index in [4.69, 9.17) is 0 Å². The molecule has 0 spiro atoms. The Morgan fingerprint density at radius 3 is 2.39 bits per heavy atom. The smallest absolute Gasteiger partial charge is 0.307 e. The highest BCUT2D eigenvalue weighted by atomic mass is 16.6. The summed E-state index contributed by atoms with van der Waals surface area (Å²) in [4.78, 5) is 34.1. The number of aliphatic carboxylic acids is 1. The van der Waals surface area contributed by atoms with Crippen LogP contribution in [0.5, 0.6) is 0 Å². The number of benzene rings is 1. The van der Waals surface area contributed by atoms with Gasteiger partial charge in [-0.2, -0.15) is 0 Å². The third-order valence-corrected chi connectivity index (χ3v) is 4.24. The number of nitrogens with one attached hydrogen (secondary N) is 1. The molecule has 1 amide bonds. The van der Waals surface area contributed by atoms with E-state index < -0.39 is 28.6 Å². The summed E-state index contributed by atoms with van der Waals surface area (Å²) in [7, 11) is 0. The highest BCUT2D eigenvalue weighted by Crippen LogP contribution is 2.35. The molecule has 2 rings (SSSR count). The van der Waals surface area contributed by atoms with Crippen molar-refractivity contribution in [2.45, 2.75) is 26.7 Å². The summed E-state index contributed by atoms with van der Waals surface area (Å²) in [6, 6.07) is 5.59. The largest absolute Gasteiger partial charge is 0.481 e. The minimum Gasteiger partial charge on any atom is -0.481 e. The van der Waals surface area contributed by atoms with E-state index in [0.29, 0.717) is 12.8 Å². The van der Waals surface area contributed by atoms with Crippen molar-refractivity contribution in [1.29, 1.82) is 0 Å². The SMILES string of the molecule is CC1=C(C)C[C@@H](C(=O)Nc2cccc([N+](=O)[O-])c2)[C@H](C(=O)O)C1. The molecule has 1 aromatic carbocycles. The molecule has 0 unspecified atom stereocenters. The number of nitro benzene ring substituents is 1. The van der Waals surface area contributed by atoms with Crippen molar-refractivity contribution in [1.82, 2.24) is 0 Å². The zero-order valence-corrected chi connectivity index (χ0v) is 12.9. The first-order chi connectivity index (χ1) is 10.8. The summed E-state index contributed by atoms with van der Waals surface area (Å²) >= 11 is 0. The van der Waals surface area contributed by atoms with Crippen LogP contribution in [-0.4, -0.2) is 21.9 Å². The Hall–Kier alpha value is -2.70. The lowest BCUT2D eigenvalue weighted by Crippen LogP contribution is -2.36. The highest BCUT2D eigenvalue weighted by Gasteiger charge is 2.37. The van der Waals surface area contributed by atoms with E-state index in [1.807, 2.05) is 13.8 Å². The first-order valence-electron chi connectivity index (χ1n) is 7.23. The van der Waals surface area contributed by atoms with Crippen molar-refractivity contribution in [3.63, 3.8) is 0 Å². The number of nitrogens with zero attached hydrogens (tertiary/aromatic N) is 1. The van der Waals surface area contributed by atoms with Gasteiger partial charge < -0.3 is 10.4 Å². The van der Waals surface area contributed by atoms with Gasteiger partial charge in [0, 0.05) is 17.8 Å². The Balaban J connectivity index is 2.20. The molecule has 7 heteroatoms. The van der Waals surface area contributed by atoms with E-state index in [1.54, 1.807) is 0 Å². The zero-order chi connectivity index (χ0) is 17.1. The molecule has 0 saturated carbocycles. The molecular formula is C16H18N2O5. The molecule has 0 radical (unpaired) electrons. The number of hydrogen-bond donors (Lipinski definition) is 2. The fourth-order valence-corrected chi connectivity index (χ4v) is 2.76. The Bertz CT molecular complexity index is 695. The maximum absolute atomic E-state index is 12.4. The molecule has 23 heavy (non-hydrogen) atoms. The molecule has 0 bridgehead atoms. The van der Waals surface area contributed by atoms with E-state index in [0.717, 1.165) is 11.1 Å². The van der Waals surface area contributed by atoms with Gasteiger partial charge in [0.1, 0.15) is 0 Å². The zero-order valence-electron chi connectivity index (χ0n) is 12.9. The number of carbonyl (C=O) groups excluding carboxylic acids is 1. The van der Waals surface area contributed by atoms with Crippen LogP contribution >= 0.6 is 0 Å². The Labute approximate surface area is 133 Å². The number of anilines is 1. The van der Waals surface area contributed by atoms with Crippen LogP contribution in [0.2, 0.25) is 0 Å². The summed E-state index contributed by atoms with van der Waals surface area (Å²) in [6.07, 6.45) is 0.720. The van der Waals surface area contributed by atoms with Crippen LogP contribution in [0.3, 0.4) is 0 Å². The van der Waals surface area contributed by atoms with Gasteiger partial charge in [0.2, 0.25) is 5.91 Å². The molecular weight excluding hydrogens is 300 g/mol. The van der Waals surface area contributed by atoms with Crippen molar-refractivity contribution in [2.75, 3.05) is 5.32 Å². The minimum absolute atomic E-state index is 0.131. The Morgan fingerprint density at radius 1 is 1.22 bits per heavy atom. The Kier molecular flexibility index (Phi) is 4.78. The van der Waals surface area contributed by atoms with E-state index in [1.165, 1.54) is 24.3 Å². The van der Waals surface area contributed by atoms with Gasteiger partial charge in [0.15, 0.2) is 0 Å². The van der Waals surface area contributed by atoms with E-state index >= 15 is 0 Å². The molecule has 0 aromatic heterocycles. The topological polar surface area (TPSA) is 110 Å². The lowest BCUT2D eigenvalue weighted by Gasteiger charge is -2.29. The van der Waals surface area contributed by atoms with Crippen LogP contribution < -0.4 is 5.32 Å². The number of amides is 1. The quantitative estimate of drug-likeness (QED) is 0.504. The first kappa shape index (κ1) is 16.7. The summed E-state index contributed by atoms with van der Waals surface area (Å²) in [5, 5.41) is 22.7. The van der Waals surface area contributed by atoms with Crippen LogP contribution in [0.4, 0.5) is 11.4 Å². The lowest BCUT2D eigenvalue weighted by atomic mass is 9.76. The van der Waals surface area contributed by atoms with E-state index in [-0.39, 0.29) is 11.4 Å². The molecule has 2 atom stereocenters. The predicted molar refractivity (Wildman–Crippen MR) is 83.9 cm³/mol. The van der Waals surface area contributed by atoms with Gasteiger partial charge in [-0.25, -0.2) is 0 Å². The molecule has 0 saturated heterocycles. The van der Waals surface area contributed by atoms with Crippen molar-refractivity contribution in [3.8, 4) is 0 Å². The van der Waals surface area contributed by atoms with Gasteiger partial charge in [-0.3, -0.25) is 19.7 Å². The molecule has 1 aliphatic rings. The van der Waals surface area contributed by atoms with Crippen LogP contribution in [0, 0.1) is 22.0 Å². The number of carboxylic acid groups (broad SMARTS) is 1. The van der Waals surface area contributed by atoms with Crippen LogP contribution in [0.1, 0.15) is 26.7 Å². The monoisotopic (exact) mass is 318 g/mol. The number of allylic oxidation sites excluding steroid dienone is 2. The van der Waals surface area contributed by atoms with Crippen molar-refractivity contribution < 1.29 is 19.6 Å². The molecule has 0 fully saturated rings. The number of non-ortho nitro benzene ring substituents is 1. The van der Waals surface area contributed by atoms with Gasteiger partial charge in [-0.15, -0.1) is 0 Å². The van der Waals surface area contributed by atoms with Crippen LogP contribution in [0.25, 0.3) is 0 Å². The van der Waals surface area contributed by atoms with Gasteiger partial charge in [0.05, 0.1) is 16.8 Å². The number of carboxylic acids is 1. The number of rotatable bonds is 4. The summed E-state index contributed by atoms with van der Waals surface area (Å²) in [5.41, 5.74) is 2.17. The van der Waals surface area contributed by atoms with Crippen molar-refractivity contribution in [2.24, 2.45) is 11.8 Å². The molecule has 2 N–H and O–H groups in total. The second kappa shape index (κ2) is 6.60. The average molecular weight is 318 g/mol. The molecule has 122 valence electrons. The highest BCUT2D eigenvalue weighted by molar-refractivity contribution is 5.95. The molecule has 1 aromatic rings. The van der Waals surface area contributed by atoms with E-state index in [2.05, 4.69) is 5.32 Å². The van der Waals surface area contributed by atoms with E-state index in [9.17, 15) is 24.8 Å². The van der Waals surface area contributed by atoms with Crippen LogP contribution in [-0.2, 0) is 9.59 Å². The fraction of sp³-hybridized carbons (Fsp3) is 0.375. The summed E-state index contributed by atoms with van der Waals surface area (Å²) in [5.74, 6) is -2.89. The normalized spacial score (nSPS) is 21.0. The molecule has 7 nitrogen and oxygen atoms in total. The fourth-order valence-electron chi connectivity index (χ4n) is 2.76. The second-order valence-electron chi connectivity index (χ2n) is 5.82. The second-order valence-corrected chi connectivity index (χ2v) is 5.82. The molecule has 1 aliphatic carbocycles. The van der Waals surface area contributed by atoms with Crippen LogP contribution in [0.15, 0.2) is 35.4 Å². The van der Waals surface area contributed by atoms with Gasteiger partial charge >= 0.3 is 5.97 Å². The third kappa shape index (κ3) is 3.74. The third-order valence-electron chi connectivity index (χ3n) is 4.24. The number of carbonyl (C=O) groups is 2. The first-order valence-corrected chi connectivity index (χ1v) is 7.23. The average Bonchev–Trinajstić information content (AvgIpc) is 2.49.